The average Bonchev–Trinajstić information content (AvgIpc) is 2.68. The Hall–Kier alpha value is -1.59. The van der Waals surface area contributed by atoms with Gasteiger partial charge in [0, 0.05) is 19.5 Å². The van der Waals surface area contributed by atoms with Gasteiger partial charge < -0.3 is 14.8 Å². The molecule has 1 aliphatic rings. The molecule has 0 saturated heterocycles. The van der Waals surface area contributed by atoms with Crippen LogP contribution in [0.25, 0.3) is 0 Å². The van der Waals surface area contributed by atoms with Gasteiger partial charge in [-0.15, -0.1) is 0 Å². The molecule has 1 atom stereocenters. The molecule has 1 aliphatic heterocycles. The zero-order chi connectivity index (χ0) is 11.4. The Morgan fingerprint density at radius 1 is 1.53 bits per heavy atom. The molecule has 15 heavy (non-hydrogen) atoms. The van der Waals surface area contributed by atoms with Gasteiger partial charge in [-0.2, -0.15) is 0 Å². The van der Waals surface area contributed by atoms with Gasteiger partial charge in [0.15, 0.2) is 5.71 Å². The van der Waals surface area contributed by atoms with Crippen LogP contribution in [0, 0.1) is 0 Å². The largest absolute Gasteiger partial charge is 0.477 e. The summed E-state index contributed by atoms with van der Waals surface area (Å²) in [7, 11) is 0. The number of rotatable bonds is 4. The summed E-state index contributed by atoms with van der Waals surface area (Å²) in [5.74, 6) is -1.34. The van der Waals surface area contributed by atoms with Gasteiger partial charge >= 0.3 is 5.97 Å². The molecule has 0 fully saturated rings. The molecule has 1 N–H and O–H groups in total. The maximum Gasteiger partial charge on any atom is 0.353 e. The lowest BCUT2D eigenvalue weighted by Crippen LogP contribution is -2.39. The quantitative estimate of drug-likeness (QED) is 0.719. The number of amides is 1. The van der Waals surface area contributed by atoms with Crippen LogP contribution in [-0.2, 0) is 14.4 Å². The number of aliphatic carboxylic acids is 1. The molecule has 0 aromatic heterocycles. The molecule has 0 spiro atoms. The molecule has 1 unspecified atom stereocenters. The van der Waals surface area contributed by atoms with Crippen molar-refractivity contribution in [1.82, 2.24) is 4.90 Å². The van der Waals surface area contributed by atoms with E-state index in [0.29, 0.717) is 13.1 Å². The number of oxime groups is 1. The molecule has 6 heteroatoms. The van der Waals surface area contributed by atoms with E-state index in [2.05, 4.69) is 5.16 Å². The Morgan fingerprint density at radius 2 is 2.13 bits per heavy atom. The third kappa shape index (κ3) is 2.45. The molecule has 6 nitrogen and oxygen atoms in total. The number of carbonyl (C=O) groups excluding carboxylic acids is 1. The Balaban J connectivity index is 2.56. The van der Waals surface area contributed by atoms with Gasteiger partial charge in [0.2, 0.25) is 6.10 Å². The minimum Gasteiger partial charge on any atom is -0.477 e. The van der Waals surface area contributed by atoms with Crippen molar-refractivity contribution in [2.45, 2.75) is 26.4 Å². The minimum atomic E-state index is -1.13. The van der Waals surface area contributed by atoms with Crippen LogP contribution in [0.2, 0.25) is 0 Å². The van der Waals surface area contributed by atoms with Crippen molar-refractivity contribution in [3.05, 3.63) is 0 Å². The first-order valence-corrected chi connectivity index (χ1v) is 4.84. The number of carboxylic acids is 1. The fourth-order valence-corrected chi connectivity index (χ4v) is 1.38. The smallest absolute Gasteiger partial charge is 0.353 e. The average molecular weight is 214 g/mol. The van der Waals surface area contributed by atoms with Gasteiger partial charge in [-0.05, 0) is 13.8 Å². The SMILES string of the molecule is CCN(CC)C(=O)C1CC(C(=O)O)=NO1. The van der Waals surface area contributed by atoms with Crippen LogP contribution in [0.15, 0.2) is 5.16 Å². The van der Waals surface area contributed by atoms with E-state index in [1.54, 1.807) is 4.90 Å². The van der Waals surface area contributed by atoms with E-state index < -0.39 is 12.1 Å². The molecule has 84 valence electrons. The maximum atomic E-state index is 11.7. The first kappa shape index (κ1) is 11.5. The predicted molar refractivity (Wildman–Crippen MR) is 52.5 cm³/mol. The Bertz CT molecular complexity index is 296. The van der Waals surface area contributed by atoms with E-state index in [0.717, 1.165) is 0 Å². The van der Waals surface area contributed by atoms with E-state index in [1.165, 1.54) is 0 Å². The van der Waals surface area contributed by atoms with Crippen LogP contribution in [0.1, 0.15) is 20.3 Å². The maximum absolute atomic E-state index is 11.7. The lowest BCUT2D eigenvalue weighted by Gasteiger charge is -2.20. The van der Waals surface area contributed by atoms with Crippen LogP contribution >= 0.6 is 0 Å². The van der Waals surface area contributed by atoms with E-state index in [-0.39, 0.29) is 18.0 Å². The van der Waals surface area contributed by atoms with Crippen LogP contribution < -0.4 is 0 Å². The summed E-state index contributed by atoms with van der Waals surface area (Å²) < 4.78 is 0. The highest BCUT2D eigenvalue weighted by Gasteiger charge is 2.33. The van der Waals surface area contributed by atoms with E-state index in [4.69, 9.17) is 9.94 Å². The molecule has 1 heterocycles. The molecule has 0 aromatic carbocycles. The topological polar surface area (TPSA) is 79.2 Å². The minimum absolute atomic E-state index is 0.0463. The third-order valence-corrected chi connectivity index (χ3v) is 2.27. The van der Waals surface area contributed by atoms with Gasteiger partial charge in [-0.1, -0.05) is 5.16 Å². The summed E-state index contributed by atoms with van der Waals surface area (Å²) in [5.41, 5.74) is -0.0968. The van der Waals surface area contributed by atoms with Gasteiger partial charge in [-0.3, -0.25) is 4.79 Å². The Morgan fingerprint density at radius 3 is 2.53 bits per heavy atom. The second-order valence-corrected chi connectivity index (χ2v) is 3.15. The Labute approximate surface area is 87.5 Å². The van der Waals surface area contributed by atoms with Crippen molar-refractivity contribution in [3.63, 3.8) is 0 Å². The molecule has 0 saturated carbocycles. The first-order chi connectivity index (χ1) is 7.10. The zero-order valence-corrected chi connectivity index (χ0v) is 8.77. The summed E-state index contributed by atoms with van der Waals surface area (Å²) in [5, 5.41) is 12.0. The van der Waals surface area contributed by atoms with Crippen LogP contribution in [-0.4, -0.2) is 46.8 Å². The van der Waals surface area contributed by atoms with E-state index in [1.807, 2.05) is 13.8 Å². The van der Waals surface area contributed by atoms with Crippen molar-refractivity contribution in [2.24, 2.45) is 5.16 Å². The van der Waals surface area contributed by atoms with Crippen molar-refractivity contribution in [2.75, 3.05) is 13.1 Å². The van der Waals surface area contributed by atoms with Gasteiger partial charge in [0.1, 0.15) is 0 Å². The number of nitrogens with zero attached hydrogens (tertiary/aromatic N) is 2. The summed E-state index contributed by atoms with van der Waals surface area (Å²) in [6, 6.07) is 0. The zero-order valence-electron chi connectivity index (χ0n) is 8.77. The fraction of sp³-hybridized carbons (Fsp3) is 0.667. The molecule has 1 amide bonds. The third-order valence-electron chi connectivity index (χ3n) is 2.27. The second kappa shape index (κ2) is 4.77. The van der Waals surface area contributed by atoms with Crippen LogP contribution in [0.5, 0.6) is 0 Å². The lowest BCUT2D eigenvalue weighted by molar-refractivity contribution is -0.141. The van der Waals surface area contributed by atoms with E-state index in [9.17, 15) is 9.59 Å². The molecular formula is C9H14N2O4. The highest BCUT2D eigenvalue weighted by molar-refractivity contribution is 6.36. The highest BCUT2D eigenvalue weighted by atomic mass is 16.6. The number of likely N-dealkylation sites (N-methyl/N-ethyl adjacent to an activating group) is 1. The molecule has 1 rings (SSSR count). The Kier molecular flexibility index (Phi) is 3.65. The highest BCUT2D eigenvalue weighted by Crippen LogP contribution is 2.13. The van der Waals surface area contributed by atoms with Gasteiger partial charge in [-0.25, -0.2) is 4.79 Å². The summed E-state index contributed by atoms with van der Waals surface area (Å²) in [6.07, 6.45) is -0.721. The predicted octanol–water partition coefficient (Wildman–Crippen LogP) is 0.0843. The summed E-state index contributed by atoms with van der Waals surface area (Å²) >= 11 is 0. The number of hydrogen-bond acceptors (Lipinski definition) is 4. The number of carbonyl (C=O) groups is 2. The normalized spacial score (nSPS) is 19.3. The molecule has 0 aromatic rings. The van der Waals surface area contributed by atoms with Crippen molar-refractivity contribution in [3.8, 4) is 0 Å². The molecule has 0 radical (unpaired) electrons. The van der Waals surface area contributed by atoms with Crippen molar-refractivity contribution >= 4 is 17.6 Å². The van der Waals surface area contributed by atoms with Gasteiger partial charge in [0.25, 0.3) is 5.91 Å². The lowest BCUT2D eigenvalue weighted by atomic mass is 10.1. The number of hydrogen-bond donors (Lipinski definition) is 1. The fourth-order valence-electron chi connectivity index (χ4n) is 1.38. The molecule has 0 bridgehead atoms. The van der Waals surface area contributed by atoms with Crippen LogP contribution in [0.3, 0.4) is 0 Å². The van der Waals surface area contributed by atoms with Gasteiger partial charge in [0.05, 0.1) is 0 Å². The van der Waals surface area contributed by atoms with E-state index >= 15 is 0 Å². The number of carboxylic acid groups (broad SMARTS) is 1. The monoisotopic (exact) mass is 214 g/mol. The molecule has 0 aliphatic carbocycles. The standard InChI is InChI=1S/C9H14N2O4/c1-3-11(4-2)8(12)7-5-6(9(13)14)10-15-7/h7H,3-5H2,1-2H3,(H,13,14). The molecular weight excluding hydrogens is 200 g/mol. The van der Waals surface area contributed by atoms with Crippen molar-refractivity contribution < 1.29 is 19.5 Å². The summed E-state index contributed by atoms with van der Waals surface area (Å²) in [6.45, 7) is 4.87. The first-order valence-electron chi connectivity index (χ1n) is 4.84. The summed E-state index contributed by atoms with van der Waals surface area (Å²) in [4.78, 5) is 28.6. The van der Waals surface area contributed by atoms with Crippen molar-refractivity contribution in [1.29, 1.82) is 0 Å². The second-order valence-electron chi connectivity index (χ2n) is 3.15. The van der Waals surface area contributed by atoms with Crippen LogP contribution in [0.4, 0.5) is 0 Å².